The molecule has 1 aromatic carbocycles. The van der Waals surface area contributed by atoms with Gasteiger partial charge in [0, 0.05) is 10.2 Å². The van der Waals surface area contributed by atoms with Gasteiger partial charge in [-0.05, 0) is 30.7 Å². The third kappa shape index (κ3) is 4.24. The molecular weight excluding hydrogens is 290 g/mol. The highest BCUT2D eigenvalue weighted by molar-refractivity contribution is 9.10. The second-order valence-corrected chi connectivity index (χ2v) is 5.04. The SMILES string of the molecule is Cc1cc(NC(=O)CSC(=N)N)ccc1Br. The van der Waals surface area contributed by atoms with E-state index in [0.29, 0.717) is 0 Å². The molecule has 0 aliphatic carbocycles. The molecule has 1 amide bonds. The molecule has 0 aliphatic heterocycles. The normalized spacial score (nSPS) is 9.88. The monoisotopic (exact) mass is 301 g/mol. The molecule has 0 heterocycles. The van der Waals surface area contributed by atoms with Gasteiger partial charge in [-0.3, -0.25) is 10.2 Å². The zero-order valence-electron chi connectivity index (χ0n) is 8.71. The summed E-state index contributed by atoms with van der Waals surface area (Å²) in [6.07, 6.45) is 0. The Labute approximate surface area is 107 Å². The van der Waals surface area contributed by atoms with Crippen molar-refractivity contribution < 1.29 is 4.79 Å². The zero-order chi connectivity index (χ0) is 12.1. The molecule has 0 saturated carbocycles. The first-order valence-electron chi connectivity index (χ1n) is 4.52. The van der Waals surface area contributed by atoms with Gasteiger partial charge < -0.3 is 11.1 Å². The first kappa shape index (κ1) is 13.1. The second-order valence-electron chi connectivity index (χ2n) is 3.17. The van der Waals surface area contributed by atoms with Gasteiger partial charge in [0.25, 0.3) is 0 Å². The summed E-state index contributed by atoms with van der Waals surface area (Å²) in [5.41, 5.74) is 6.94. The number of benzene rings is 1. The third-order valence-corrected chi connectivity index (χ3v) is 3.41. The second kappa shape index (κ2) is 5.91. The summed E-state index contributed by atoms with van der Waals surface area (Å²) < 4.78 is 1.00. The summed E-state index contributed by atoms with van der Waals surface area (Å²) in [7, 11) is 0. The predicted octanol–water partition coefficient (Wildman–Crippen LogP) is 2.32. The van der Waals surface area contributed by atoms with Gasteiger partial charge in [0.2, 0.25) is 5.91 Å². The van der Waals surface area contributed by atoms with Gasteiger partial charge in [0.15, 0.2) is 5.17 Å². The van der Waals surface area contributed by atoms with Crippen molar-refractivity contribution in [1.82, 2.24) is 0 Å². The Bertz CT molecular complexity index is 423. The molecular formula is C10H12BrN3OS. The molecule has 1 aromatic rings. The number of carbonyl (C=O) groups excluding carboxylic acids is 1. The number of aryl methyl sites for hydroxylation is 1. The van der Waals surface area contributed by atoms with Gasteiger partial charge in [-0.25, -0.2) is 0 Å². The van der Waals surface area contributed by atoms with Crippen LogP contribution >= 0.6 is 27.7 Å². The van der Waals surface area contributed by atoms with Crippen LogP contribution in [0.15, 0.2) is 22.7 Å². The molecule has 0 unspecified atom stereocenters. The van der Waals surface area contributed by atoms with E-state index in [1.807, 2.05) is 25.1 Å². The molecule has 4 N–H and O–H groups in total. The fraction of sp³-hybridized carbons (Fsp3) is 0.200. The summed E-state index contributed by atoms with van der Waals surface area (Å²) in [6.45, 7) is 1.95. The Morgan fingerprint density at radius 2 is 2.31 bits per heavy atom. The van der Waals surface area contributed by atoms with E-state index in [1.54, 1.807) is 0 Å². The number of carbonyl (C=O) groups is 1. The van der Waals surface area contributed by atoms with Gasteiger partial charge in [-0.2, -0.15) is 0 Å². The maximum absolute atomic E-state index is 11.4. The molecule has 6 heteroatoms. The van der Waals surface area contributed by atoms with E-state index >= 15 is 0 Å². The van der Waals surface area contributed by atoms with Crippen LogP contribution in [0, 0.1) is 12.3 Å². The van der Waals surface area contributed by atoms with Crippen molar-refractivity contribution in [3.8, 4) is 0 Å². The highest BCUT2D eigenvalue weighted by atomic mass is 79.9. The minimum absolute atomic E-state index is 0.0536. The molecule has 0 saturated heterocycles. The Morgan fingerprint density at radius 3 is 2.88 bits per heavy atom. The van der Waals surface area contributed by atoms with Crippen LogP contribution in [-0.2, 0) is 4.79 Å². The van der Waals surface area contributed by atoms with E-state index in [1.165, 1.54) is 0 Å². The maximum atomic E-state index is 11.4. The number of anilines is 1. The van der Waals surface area contributed by atoms with Crippen molar-refractivity contribution in [3.05, 3.63) is 28.2 Å². The Hall–Kier alpha value is -1.01. The van der Waals surface area contributed by atoms with Crippen LogP contribution in [-0.4, -0.2) is 16.8 Å². The van der Waals surface area contributed by atoms with Gasteiger partial charge >= 0.3 is 0 Å². The summed E-state index contributed by atoms with van der Waals surface area (Å²) in [4.78, 5) is 11.4. The maximum Gasteiger partial charge on any atom is 0.234 e. The molecule has 0 radical (unpaired) electrons. The number of hydrogen-bond donors (Lipinski definition) is 3. The van der Waals surface area contributed by atoms with Gasteiger partial charge in [-0.1, -0.05) is 27.7 Å². The quantitative estimate of drug-likeness (QED) is 0.592. The zero-order valence-corrected chi connectivity index (χ0v) is 11.1. The minimum atomic E-state index is -0.165. The molecule has 0 spiro atoms. The molecule has 86 valence electrons. The first-order chi connectivity index (χ1) is 7.49. The first-order valence-corrected chi connectivity index (χ1v) is 6.29. The number of thioether (sulfide) groups is 1. The van der Waals surface area contributed by atoms with Crippen molar-refractivity contribution in [3.63, 3.8) is 0 Å². The minimum Gasteiger partial charge on any atom is -0.379 e. The van der Waals surface area contributed by atoms with E-state index < -0.39 is 0 Å². The number of rotatable bonds is 3. The van der Waals surface area contributed by atoms with Crippen LogP contribution in [0.4, 0.5) is 5.69 Å². The lowest BCUT2D eigenvalue weighted by atomic mass is 10.2. The largest absolute Gasteiger partial charge is 0.379 e. The summed E-state index contributed by atoms with van der Waals surface area (Å²) in [6, 6.07) is 5.57. The van der Waals surface area contributed by atoms with Gasteiger partial charge in [-0.15, -0.1) is 0 Å². The van der Waals surface area contributed by atoms with Crippen molar-refractivity contribution in [2.24, 2.45) is 5.73 Å². The molecule has 0 bridgehead atoms. The molecule has 0 aliphatic rings. The van der Waals surface area contributed by atoms with Crippen molar-refractivity contribution in [2.75, 3.05) is 11.1 Å². The van der Waals surface area contributed by atoms with Crippen LogP contribution in [0.1, 0.15) is 5.56 Å². The van der Waals surface area contributed by atoms with Gasteiger partial charge in [0.05, 0.1) is 5.75 Å². The van der Waals surface area contributed by atoms with E-state index in [4.69, 9.17) is 11.1 Å². The number of halogens is 1. The highest BCUT2D eigenvalue weighted by Gasteiger charge is 2.04. The Morgan fingerprint density at radius 1 is 1.62 bits per heavy atom. The van der Waals surface area contributed by atoms with E-state index in [2.05, 4.69) is 21.2 Å². The molecule has 4 nitrogen and oxygen atoms in total. The van der Waals surface area contributed by atoms with Crippen LogP contribution < -0.4 is 11.1 Å². The summed E-state index contributed by atoms with van der Waals surface area (Å²) >= 11 is 4.39. The molecule has 1 rings (SSSR count). The smallest absolute Gasteiger partial charge is 0.234 e. The summed E-state index contributed by atoms with van der Waals surface area (Å²) in [5.74, 6) is -0.00770. The van der Waals surface area contributed by atoms with E-state index in [0.717, 1.165) is 27.5 Å². The van der Waals surface area contributed by atoms with Crippen LogP contribution in [0.2, 0.25) is 0 Å². The lowest BCUT2D eigenvalue weighted by Crippen LogP contribution is -2.17. The molecule has 0 atom stereocenters. The molecule has 0 aromatic heterocycles. The van der Waals surface area contributed by atoms with Crippen LogP contribution in [0.3, 0.4) is 0 Å². The topological polar surface area (TPSA) is 79.0 Å². The van der Waals surface area contributed by atoms with Crippen molar-refractivity contribution in [1.29, 1.82) is 5.41 Å². The lowest BCUT2D eigenvalue weighted by Gasteiger charge is -2.06. The van der Waals surface area contributed by atoms with Crippen molar-refractivity contribution >= 4 is 44.5 Å². The number of nitrogens with two attached hydrogens (primary N) is 1. The lowest BCUT2D eigenvalue weighted by molar-refractivity contribution is -0.113. The van der Waals surface area contributed by atoms with E-state index in [-0.39, 0.29) is 16.8 Å². The molecule has 16 heavy (non-hydrogen) atoms. The van der Waals surface area contributed by atoms with E-state index in [9.17, 15) is 4.79 Å². The average molecular weight is 302 g/mol. The third-order valence-electron chi connectivity index (χ3n) is 1.80. The summed E-state index contributed by atoms with van der Waals surface area (Å²) in [5, 5.41) is 9.66. The average Bonchev–Trinajstić information content (AvgIpc) is 2.21. The number of amides is 1. The Kier molecular flexibility index (Phi) is 4.82. The number of nitrogens with one attached hydrogen (secondary N) is 2. The number of hydrogen-bond acceptors (Lipinski definition) is 3. The highest BCUT2D eigenvalue weighted by Crippen LogP contribution is 2.20. The predicted molar refractivity (Wildman–Crippen MR) is 71.9 cm³/mol. The number of amidine groups is 1. The van der Waals surface area contributed by atoms with Crippen molar-refractivity contribution in [2.45, 2.75) is 6.92 Å². The standard InChI is InChI=1S/C10H12BrN3OS/c1-6-4-7(2-3-8(6)11)14-9(15)5-16-10(12)13/h2-4H,5H2,1H3,(H3,12,13)(H,14,15). The van der Waals surface area contributed by atoms with Crippen LogP contribution in [0.25, 0.3) is 0 Å². The Balaban J connectivity index is 2.56. The van der Waals surface area contributed by atoms with Gasteiger partial charge in [0.1, 0.15) is 0 Å². The molecule has 0 fully saturated rings. The fourth-order valence-corrected chi connectivity index (χ4v) is 1.67. The fourth-order valence-electron chi connectivity index (χ4n) is 1.06. The van der Waals surface area contributed by atoms with Crippen LogP contribution in [0.5, 0.6) is 0 Å².